The number of likely N-dealkylation sites (tertiary alicyclic amines) is 1. The topological polar surface area (TPSA) is 93.9 Å². The summed E-state index contributed by atoms with van der Waals surface area (Å²) in [5, 5.41) is 2.84. The summed E-state index contributed by atoms with van der Waals surface area (Å²) in [7, 11) is -0.518. The van der Waals surface area contributed by atoms with Crippen molar-refractivity contribution in [3.05, 3.63) is 23.3 Å². The number of nitrogens with one attached hydrogen (secondary N) is 1. The second-order valence-corrected chi connectivity index (χ2v) is 6.65. The number of rotatable bonds is 4. The lowest BCUT2D eigenvalue weighted by atomic mass is 9.90. The van der Waals surface area contributed by atoms with Crippen LogP contribution in [0.25, 0.3) is 0 Å². The summed E-state index contributed by atoms with van der Waals surface area (Å²) in [5.41, 5.74) is 8.05. The van der Waals surface area contributed by atoms with Crippen molar-refractivity contribution >= 4 is 18.9 Å². The molecule has 7 nitrogen and oxygen atoms in total. The number of nitrogens with zero attached hydrogens (tertiary/aromatic N) is 1. The molecule has 24 heavy (non-hydrogen) atoms. The van der Waals surface area contributed by atoms with Gasteiger partial charge in [-0.15, -0.1) is 0 Å². The Bertz CT molecular complexity index is 709. The molecule has 0 unspecified atom stereocenters. The molecule has 2 heterocycles. The monoisotopic (exact) mass is 329 g/mol. The minimum absolute atomic E-state index is 0.180. The summed E-state index contributed by atoms with van der Waals surface area (Å²) in [5.74, 6) is 1.18. The Morgan fingerprint density at radius 3 is 2.96 bits per heavy atom. The van der Waals surface area contributed by atoms with Gasteiger partial charge in [-0.25, -0.2) is 0 Å². The molecular weight excluding hydrogens is 309 g/mol. The van der Waals surface area contributed by atoms with E-state index in [0.29, 0.717) is 13.0 Å². The first-order valence-corrected chi connectivity index (χ1v) is 8.36. The molecule has 1 fully saturated rings. The predicted molar refractivity (Wildman–Crippen MR) is 87.7 cm³/mol. The predicted octanol–water partition coefficient (Wildman–Crippen LogP) is -0.156. The maximum absolute atomic E-state index is 12.4. The highest BCUT2D eigenvalue weighted by Crippen LogP contribution is 2.44. The largest absolute Gasteiger partial charge is 0.615 e. The van der Waals surface area contributed by atoms with Crippen LogP contribution in [0.1, 0.15) is 30.9 Å². The molecule has 0 spiro atoms. The number of nitrogens with two attached hydrogens (primary N) is 1. The van der Waals surface area contributed by atoms with E-state index in [9.17, 15) is 9.59 Å². The molecule has 2 amide bonds. The van der Waals surface area contributed by atoms with E-state index in [1.807, 2.05) is 6.07 Å². The molecule has 0 saturated carbocycles. The SMILES string of the molecule is C[C@@H](N)C(=O)N1CCC[C@H]1C(=O)NCB1Oc2cc3cc(c2O1)C3. The molecular formula is C16H20BN3O4. The highest BCUT2D eigenvalue weighted by Gasteiger charge is 2.39. The van der Waals surface area contributed by atoms with E-state index in [1.54, 1.807) is 11.8 Å². The fourth-order valence-electron chi connectivity index (χ4n) is 3.51. The van der Waals surface area contributed by atoms with Crippen LogP contribution in [-0.4, -0.2) is 48.9 Å². The van der Waals surface area contributed by atoms with Gasteiger partial charge in [0.15, 0.2) is 0 Å². The molecule has 2 atom stereocenters. The van der Waals surface area contributed by atoms with Crippen LogP contribution in [-0.2, 0) is 16.0 Å². The van der Waals surface area contributed by atoms with E-state index < -0.39 is 19.2 Å². The Hall–Kier alpha value is -2.22. The lowest BCUT2D eigenvalue weighted by Gasteiger charge is -2.25. The van der Waals surface area contributed by atoms with Gasteiger partial charge in [0.05, 0.1) is 12.5 Å². The van der Waals surface area contributed by atoms with Crippen molar-refractivity contribution in [1.29, 1.82) is 0 Å². The average molecular weight is 329 g/mol. The summed E-state index contributed by atoms with van der Waals surface area (Å²) in [6, 6.07) is 3.01. The van der Waals surface area contributed by atoms with Crippen LogP contribution in [0.15, 0.2) is 12.1 Å². The van der Waals surface area contributed by atoms with Crippen molar-refractivity contribution in [2.45, 2.75) is 38.3 Å². The first-order valence-electron chi connectivity index (χ1n) is 8.36. The summed E-state index contributed by atoms with van der Waals surface area (Å²) < 4.78 is 11.5. The maximum atomic E-state index is 12.4. The van der Waals surface area contributed by atoms with Crippen LogP contribution in [0.4, 0.5) is 0 Å². The van der Waals surface area contributed by atoms with E-state index in [1.165, 1.54) is 5.56 Å². The molecule has 1 saturated heterocycles. The Kier molecular flexibility index (Phi) is 3.64. The zero-order valence-corrected chi connectivity index (χ0v) is 13.6. The van der Waals surface area contributed by atoms with Crippen molar-refractivity contribution in [2.24, 2.45) is 5.73 Å². The molecule has 0 radical (unpaired) electrons. The fourth-order valence-corrected chi connectivity index (χ4v) is 3.51. The average Bonchev–Trinajstić information content (AvgIpc) is 3.16. The van der Waals surface area contributed by atoms with E-state index in [2.05, 4.69) is 11.4 Å². The smallest absolute Gasteiger partial charge is 0.522 e. The second-order valence-electron chi connectivity index (χ2n) is 6.65. The standard InChI is InChI=1S/C16H20BN3O4/c1-9(18)16(22)20-4-2-3-12(20)15(21)19-8-17-23-13-7-10-5-11(6-10)14(13)24-17/h5,7,9,12H,2-4,6,8,18H2,1H3,(H,19,21)/t9-,12+/m1/s1. The van der Waals surface area contributed by atoms with Crippen LogP contribution >= 0.6 is 0 Å². The molecule has 126 valence electrons. The lowest BCUT2D eigenvalue weighted by Crippen LogP contribution is -2.52. The van der Waals surface area contributed by atoms with Gasteiger partial charge in [0, 0.05) is 18.5 Å². The quantitative estimate of drug-likeness (QED) is 0.761. The number of hydrogen-bond donors (Lipinski definition) is 2. The van der Waals surface area contributed by atoms with Crippen LogP contribution in [0.2, 0.25) is 0 Å². The molecule has 8 heteroatoms. The van der Waals surface area contributed by atoms with Crippen LogP contribution in [0.3, 0.4) is 0 Å². The van der Waals surface area contributed by atoms with Crippen molar-refractivity contribution in [3.63, 3.8) is 0 Å². The molecule has 2 aliphatic carbocycles. The molecule has 3 N–H and O–H groups in total. The maximum Gasteiger partial charge on any atom is 0.615 e. The van der Waals surface area contributed by atoms with Gasteiger partial charge in [-0.3, -0.25) is 9.59 Å². The van der Waals surface area contributed by atoms with Crippen molar-refractivity contribution in [3.8, 4) is 11.5 Å². The Morgan fingerprint density at radius 2 is 2.25 bits per heavy atom. The summed E-state index contributed by atoms with van der Waals surface area (Å²) in [4.78, 5) is 26.1. The first-order chi connectivity index (χ1) is 11.5. The number of carbonyl (C=O) groups excluding carboxylic acids is 2. The number of carbonyl (C=O) groups is 2. The van der Waals surface area contributed by atoms with Crippen molar-refractivity contribution in [2.75, 3.05) is 13.0 Å². The van der Waals surface area contributed by atoms with Gasteiger partial charge < -0.3 is 25.3 Å². The van der Waals surface area contributed by atoms with Gasteiger partial charge in [0.25, 0.3) is 0 Å². The highest BCUT2D eigenvalue weighted by molar-refractivity contribution is 6.48. The van der Waals surface area contributed by atoms with Crippen LogP contribution < -0.4 is 20.4 Å². The third-order valence-corrected chi connectivity index (χ3v) is 4.76. The third-order valence-electron chi connectivity index (χ3n) is 4.76. The van der Waals surface area contributed by atoms with Gasteiger partial charge in [-0.1, -0.05) is 6.07 Å². The minimum atomic E-state index is -0.594. The van der Waals surface area contributed by atoms with Gasteiger partial charge in [-0.2, -0.15) is 0 Å². The summed E-state index contributed by atoms with van der Waals surface area (Å²) in [6.07, 6.45) is 2.64. The summed E-state index contributed by atoms with van der Waals surface area (Å²) in [6.45, 7) is 2.22. The van der Waals surface area contributed by atoms with Crippen molar-refractivity contribution < 1.29 is 18.9 Å². The molecule has 1 aromatic carbocycles. The van der Waals surface area contributed by atoms with Gasteiger partial charge >= 0.3 is 7.12 Å². The van der Waals surface area contributed by atoms with Gasteiger partial charge in [0.1, 0.15) is 17.5 Å². The Labute approximate surface area is 140 Å². The van der Waals surface area contributed by atoms with Gasteiger partial charge in [0.2, 0.25) is 11.8 Å². The molecule has 2 bridgehead atoms. The lowest BCUT2D eigenvalue weighted by molar-refractivity contribution is -0.139. The van der Waals surface area contributed by atoms with Crippen LogP contribution in [0, 0.1) is 0 Å². The molecule has 0 aromatic heterocycles. The second kappa shape index (κ2) is 5.70. The number of hydrogen-bond acceptors (Lipinski definition) is 5. The Balaban J connectivity index is 1.33. The van der Waals surface area contributed by atoms with E-state index in [4.69, 9.17) is 15.0 Å². The van der Waals surface area contributed by atoms with Gasteiger partial charge in [-0.05, 0) is 31.4 Å². The first kappa shape index (κ1) is 15.3. The zero-order valence-electron chi connectivity index (χ0n) is 13.6. The number of amides is 2. The summed E-state index contributed by atoms with van der Waals surface area (Å²) >= 11 is 0. The minimum Gasteiger partial charge on any atom is -0.522 e. The van der Waals surface area contributed by atoms with E-state index in [0.717, 1.165) is 29.9 Å². The fraction of sp³-hybridized carbons (Fsp3) is 0.500. The molecule has 4 aliphatic rings. The van der Waals surface area contributed by atoms with Crippen molar-refractivity contribution in [1.82, 2.24) is 10.2 Å². The molecule has 2 aliphatic heterocycles. The number of benzene rings is 1. The third kappa shape index (κ3) is 2.51. The zero-order chi connectivity index (χ0) is 16.8. The highest BCUT2D eigenvalue weighted by atomic mass is 16.6. The van der Waals surface area contributed by atoms with Crippen LogP contribution in [0.5, 0.6) is 11.5 Å². The van der Waals surface area contributed by atoms with E-state index >= 15 is 0 Å². The molecule has 1 aromatic rings. The normalized spacial score (nSPS) is 21.5. The van der Waals surface area contributed by atoms with E-state index in [-0.39, 0.29) is 18.3 Å². The molecule has 5 rings (SSSR count). The Morgan fingerprint density at radius 1 is 1.46 bits per heavy atom.